The van der Waals surface area contributed by atoms with Crippen molar-refractivity contribution in [2.24, 2.45) is 0 Å². The van der Waals surface area contributed by atoms with E-state index in [0.29, 0.717) is 28.7 Å². The van der Waals surface area contributed by atoms with Crippen molar-refractivity contribution in [3.8, 4) is 23.0 Å². The first-order chi connectivity index (χ1) is 16.2. The zero-order valence-corrected chi connectivity index (χ0v) is 19.0. The van der Waals surface area contributed by atoms with Crippen LogP contribution in [0.5, 0.6) is 23.0 Å². The van der Waals surface area contributed by atoms with Crippen LogP contribution in [0.15, 0.2) is 24.5 Å². The molecule has 1 aromatic carbocycles. The van der Waals surface area contributed by atoms with Crippen molar-refractivity contribution in [2.75, 3.05) is 37.3 Å². The Kier molecular flexibility index (Phi) is 5.92. The zero-order chi connectivity index (χ0) is 24.5. The molecule has 13 heteroatoms. The highest BCUT2D eigenvalue weighted by Crippen LogP contribution is 2.40. The maximum atomic E-state index is 14.4. The molecule has 3 N–H and O–H groups in total. The van der Waals surface area contributed by atoms with Crippen molar-refractivity contribution >= 4 is 35.1 Å². The van der Waals surface area contributed by atoms with Gasteiger partial charge in [0.1, 0.15) is 0 Å². The Morgan fingerprint density at radius 2 is 1.62 bits per heavy atom. The van der Waals surface area contributed by atoms with E-state index >= 15 is 0 Å². The van der Waals surface area contributed by atoms with Gasteiger partial charge in [0, 0.05) is 17.8 Å². The second kappa shape index (κ2) is 8.84. The number of nitrogens with zero attached hydrogens (tertiary/aromatic N) is 4. The molecule has 34 heavy (non-hydrogen) atoms. The molecule has 12 nitrogen and oxygen atoms in total. The second-order valence-electron chi connectivity index (χ2n) is 7.53. The van der Waals surface area contributed by atoms with Gasteiger partial charge in [0.15, 0.2) is 40.3 Å². The fourth-order valence-corrected chi connectivity index (χ4v) is 3.08. The van der Waals surface area contributed by atoms with Crippen LogP contribution in [0.4, 0.5) is 33.6 Å². The molecule has 0 bridgehead atoms. The molecule has 0 saturated carbocycles. The van der Waals surface area contributed by atoms with Gasteiger partial charge < -0.3 is 34.9 Å². The molecule has 1 aliphatic heterocycles. The molecule has 0 spiro atoms. The van der Waals surface area contributed by atoms with Crippen LogP contribution in [0.3, 0.4) is 0 Å². The van der Waals surface area contributed by atoms with E-state index < -0.39 is 11.4 Å². The van der Waals surface area contributed by atoms with Crippen molar-refractivity contribution in [3.05, 3.63) is 30.3 Å². The van der Waals surface area contributed by atoms with Gasteiger partial charge in [-0.1, -0.05) is 0 Å². The number of carbonyl (C=O) groups is 1. The summed E-state index contributed by atoms with van der Waals surface area (Å²) in [6.07, 6.45) is 2.36. The average molecular weight is 471 g/mol. The number of hydrogen-bond donors (Lipinski definition) is 3. The number of aromatic nitrogens is 4. The van der Waals surface area contributed by atoms with Crippen molar-refractivity contribution in [3.63, 3.8) is 0 Å². The molecule has 1 aliphatic rings. The third-order valence-corrected chi connectivity index (χ3v) is 4.79. The van der Waals surface area contributed by atoms with Crippen LogP contribution in [0.1, 0.15) is 13.8 Å². The maximum Gasteiger partial charge on any atom is 0.269 e. The van der Waals surface area contributed by atoms with Crippen LogP contribution < -0.4 is 34.9 Å². The van der Waals surface area contributed by atoms with Gasteiger partial charge in [-0.05, 0) is 13.8 Å². The molecular formula is C21H22FN7O5. The molecule has 0 fully saturated rings. The topological polar surface area (TPSA) is 142 Å². The molecule has 4 rings (SSSR count). The molecule has 0 atom stereocenters. The summed E-state index contributed by atoms with van der Waals surface area (Å²) < 4.78 is 36.0. The fourth-order valence-electron chi connectivity index (χ4n) is 3.08. The minimum Gasteiger partial charge on any atom is -0.493 e. The van der Waals surface area contributed by atoms with Crippen molar-refractivity contribution in [2.45, 2.75) is 19.4 Å². The molecular weight excluding hydrogens is 449 g/mol. The third-order valence-electron chi connectivity index (χ3n) is 4.79. The standard InChI is InChI=1S/C21H22FN7O5/c1-21(2)18(30)26-17-14(34-21)9-24-20(29-17)28-16-11(22)8-23-19(27-16)25-10-6-12(31-3)15(33-5)13(7-10)32-4/h6-9H,1-5H3,(H3,23,24,25,26,27,28,29,30). The molecule has 3 aromatic rings. The summed E-state index contributed by atoms with van der Waals surface area (Å²) in [6, 6.07) is 3.30. The highest BCUT2D eigenvalue weighted by atomic mass is 19.1. The van der Waals surface area contributed by atoms with Crippen LogP contribution in [0, 0.1) is 5.82 Å². The first kappa shape index (κ1) is 22.8. The van der Waals surface area contributed by atoms with E-state index in [1.165, 1.54) is 27.5 Å². The van der Waals surface area contributed by atoms with Crippen molar-refractivity contribution in [1.82, 2.24) is 19.9 Å². The van der Waals surface area contributed by atoms with Crippen molar-refractivity contribution < 1.29 is 28.1 Å². The Hall–Kier alpha value is -4.42. The van der Waals surface area contributed by atoms with E-state index in [4.69, 9.17) is 18.9 Å². The number of nitrogens with one attached hydrogen (secondary N) is 3. The Balaban J connectivity index is 1.58. The Bertz CT molecular complexity index is 1230. The predicted molar refractivity (Wildman–Crippen MR) is 120 cm³/mol. The number of carbonyl (C=O) groups excluding carboxylic acids is 1. The monoisotopic (exact) mass is 471 g/mol. The molecule has 0 radical (unpaired) electrons. The summed E-state index contributed by atoms with van der Waals surface area (Å²) in [7, 11) is 4.48. The third kappa shape index (κ3) is 4.40. The van der Waals surface area contributed by atoms with E-state index in [1.807, 2.05) is 0 Å². The van der Waals surface area contributed by atoms with Crippen LogP contribution >= 0.6 is 0 Å². The number of ether oxygens (including phenoxy) is 4. The van der Waals surface area contributed by atoms with E-state index in [0.717, 1.165) is 6.20 Å². The summed E-state index contributed by atoms with van der Waals surface area (Å²) in [5.74, 6) is 0.492. The van der Waals surface area contributed by atoms with Crippen LogP contribution in [-0.4, -0.2) is 52.8 Å². The Morgan fingerprint density at radius 3 is 2.26 bits per heavy atom. The number of anilines is 5. The maximum absolute atomic E-state index is 14.4. The first-order valence-electron chi connectivity index (χ1n) is 9.98. The van der Waals surface area contributed by atoms with Gasteiger partial charge >= 0.3 is 0 Å². The lowest BCUT2D eigenvalue weighted by Crippen LogP contribution is -2.46. The van der Waals surface area contributed by atoms with Gasteiger partial charge in [0.2, 0.25) is 17.6 Å². The lowest BCUT2D eigenvalue weighted by atomic mass is 10.1. The van der Waals surface area contributed by atoms with E-state index in [9.17, 15) is 9.18 Å². The fraction of sp³-hybridized carbons (Fsp3) is 0.286. The molecule has 3 heterocycles. The Labute approximate surface area is 193 Å². The number of halogens is 1. The zero-order valence-electron chi connectivity index (χ0n) is 19.0. The van der Waals surface area contributed by atoms with Gasteiger partial charge in [0.05, 0.1) is 33.7 Å². The summed E-state index contributed by atoms with van der Waals surface area (Å²) in [5, 5.41) is 8.28. The van der Waals surface area contributed by atoms with Crippen LogP contribution in [0.2, 0.25) is 0 Å². The number of hydrogen-bond acceptors (Lipinski definition) is 11. The van der Waals surface area contributed by atoms with E-state index in [1.54, 1.807) is 26.0 Å². The normalized spacial score (nSPS) is 13.8. The van der Waals surface area contributed by atoms with Crippen molar-refractivity contribution in [1.29, 1.82) is 0 Å². The number of methoxy groups -OCH3 is 3. The molecule has 2 aromatic heterocycles. The van der Waals surface area contributed by atoms with Gasteiger partial charge in [0.25, 0.3) is 5.91 Å². The lowest BCUT2D eigenvalue weighted by molar-refractivity contribution is -0.129. The lowest BCUT2D eigenvalue weighted by Gasteiger charge is -2.30. The number of rotatable bonds is 7. The number of benzene rings is 1. The quantitative estimate of drug-likeness (QED) is 0.468. The van der Waals surface area contributed by atoms with E-state index in [2.05, 4.69) is 35.9 Å². The summed E-state index contributed by atoms with van der Waals surface area (Å²) in [4.78, 5) is 28.5. The van der Waals surface area contributed by atoms with Gasteiger partial charge in [-0.15, -0.1) is 0 Å². The highest BCUT2D eigenvalue weighted by molar-refractivity contribution is 5.99. The molecule has 0 aliphatic carbocycles. The van der Waals surface area contributed by atoms with Crippen LogP contribution in [-0.2, 0) is 4.79 Å². The second-order valence-corrected chi connectivity index (χ2v) is 7.53. The molecule has 178 valence electrons. The summed E-state index contributed by atoms with van der Waals surface area (Å²) in [6.45, 7) is 3.24. The number of fused-ring (bicyclic) bond motifs is 1. The molecule has 0 saturated heterocycles. The summed E-state index contributed by atoms with van der Waals surface area (Å²) >= 11 is 0. The summed E-state index contributed by atoms with van der Waals surface area (Å²) in [5.41, 5.74) is -0.545. The van der Waals surface area contributed by atoms with Crippen LogP contribution in [0.25, 0.3) is 0 Å². The molecule has 1 amide bonds. The minimum absolute atomic E-state index is 0.00121. The molecule has 0 unspecified atom stereocenters. The predicted octanol–water partition coefficient (Wildman–Crippen LogP) is 3.03. The Morgan fingerprint density at radius 1 is 0.971 bits per heavy atom. The SMILES string of the molecule is COc1cc(Nc2ncc(F)c(Nc3ncc4c(n3)NC(=O)C(C)(C)O4)n2)cc(OC)c1OC. The number of amides is 1. The largest absolute Gasteiger partial charge is 0.493 e. The minimum atomic E-state index is -1.06. The van der Waals surface area contributed by atoms with Gasteiger partial charge in [-0.2, -0.15) is 9.97 Å². The highest BCUT2D eigenvalue weighted by Gasteiger charge is 2.36. The van der Waals surface area contributed by atoms with Gasteiger partial charge in [-0.3, -0.25) is 4.79 Å². The average Bonchev–Trinajstić information content (AvgIpc) is 2.81. The van der Waals surface area contributed by atoms with Gasteiger partial charge in [-0.25, -0.2) is 14.4 Å². The van der Waals surface area contributed by atoms with E-state index in [-0.39, 0.29) is 29.4 Å². The smallest absolute Gasteiger partial charge is 0.269 e. The first-order valence-corrected chi connectivity index (χ1v) is 9.98.